The summed E-state index contributed by atoms with van der Waals surface area (Å²) in [6, 6.07) is 0.432. The zero-order chi connectivity index (χ0) is 10.6. The second-order valence-corrected chi connectivity index (χ2v) is 4.02. The SMILES string of the molecule is C=C(CC)CN1CC(CO)OCC1C. The Morgan fingerprint density at radius 2 is 2.36 bits per heavy atom. The van der Waals surface area contributed by atoms with Crippen molar-refractivity contribution in [2.75, 3.05) is 26.3 Å². The zero-order valence-electron chi connectivity index (χ0n) is 9.20. The van der Waals surface area contributed by atoms with Crippen molar-refractivity contribution in [3.63, 3.8) is 0 Å². The Labute approximate surface area is 86.4 Å². The van der Waals surface area contributed by atoms with Crippen LogP contribution in [0, 0.1) is 0 Å². The van der Waals surface area contributed by atoms with Gasteiger partial charge in [-0.15, -0.1) is 0 Å². The number of rotatable bonds is 4. The van der Waals surface area contributed by atoms with Gasteiger partial charge in [-0.2, -0.15) is 0 Å². The zero-order valence-corrected chi connectivity index (χ0v) is 9.20. The Bertz CT molecular complexity index is 194. The summed E-state index contributed by atoms with van der Waals surface area (Å²) in [4.78, 5) is 2.33. The highest BCUT2D eigenvalue weighted by molar-refractivity contribution is 4.97. The van der Waals surface area contributed by atoms with Gasteiger partial charge in [-0.25, -0.2) is 0 Å². The van der Waals surface area contributed by atoms with Crippen molar-refractivity contribution in [1.82, 2.24) is 4.90 Å². The van der Waals surface area contributed by atoms with Crippen molar-refractivity contribution in [2.45, 2.75) is 32.4 Å². The molecule has 0 aliphatic carbocycles. The maximum atomic E-state index is 9.01. The molecule has 0 amide bonds. The minimum Gasteiger partial charge on any atom is -0.394 e. The summed E-state index contributed by atoms with van der Waals surface area (Å²) in [5.74, 6) is 0. The van der Waals surface area contributed by atoms with Gasteiger partial charge in [0.05, 0.1) is 19.3 Å². The molecule has 0 aromatic heterocycles. The van der Waals surface area contributed by atoms with Crippen LogP contribution in [0.1, 0.15) is 20.3 Å². The number of nitrogens with zero attached hydrogens (tertiary/aromatic N) is 1. The lowest BCUT2D eigenvalue weighted by atomic mass is 10.1. The average Bonchev–Trinajstić information content (AvgIpc) is 2.21. The molecule has 1 aliphatic heterocycles. The fraction of sp³-hybridized carbons (Fsp3) is 0.818. The van der Waals surface area contributed by atoms with Crippen LogP contribution in [0.25, 0.3) is 0 Å². The molecule has 3 heteroatoms. The van der Waals surface area contributed by atoms with Crippen molar-refractivity contribution in [3.8, 4) is 0 Å². The smallest absolute Gasteiger partial charge is 0.0933 e. The van der Waals surface area contributed by atoms with E-state index < -0.39 is 0 Å². The Hall–Kier alpha value is -0.380. The van der Waals surface area contributed by atoms with Crippen molar-refractivity contribution >= 4 is 0 Å². The summed E-state index contributed by atoms with van der Waals surface area (Å²) in [6.07, 6.45) is 1.00. The second-order valence-electron chi connectivity index (χ2n) is 4.02. The molecule has 0 saturated carbocycles. The van der Waals surface area contributed by atoms with E-state index in [0.29, 0.717) is 12.6 Å². The van der Waals surface area contributed by atoms with Crippen LogP contribution in [0.2, 0.25) is 0 Å². The van der Waals surface area contributed by atoms with Crippen LogP contribution in [-0.4, -0.2) is 48.5 Å². The van der Waals surface area contributed by atoms with Gasteiger partial charge >= 0.3 is 0 Å². The summed E-state index contributed by atoms with van der Waals surface area (Å²) < 4.78 is 5.46. The third kappa shape index (κ3) is 3.08. The lowest BCUT2D eigenvalue weighted by Crippen LogP contribution is -2.49. The van der Waals surface area contributed by atoms with E-state index >= 15 is 0 Å². The third-order valence-corrected chi connectivity index (χ3v) is 2.76. The average molecular weight is 199 g/mol. The van der Waals surface area contributed by atoms with E-state index in [2.05, 4.69) is 25.3 Å². The van der Waals surface area contributed by atoms with Gasteiger partial charge in [-0.1, -0.05) is 19.1 Å². The highest BCUT2D eigenvalue weighted by Gasteiger charge is 2.25. The predicted molar refractivity (Wildman–Crippen MR) is 57.3 cm³/mol. The highest BCUT2D eigenvalue weighted by atomic mass is 16.5. The molecule has 3 nitrogen and oxygen atoms in total. The number of hydrogen-bond donors (Lipinski definition) is 1. The quantitative estimate of drug-likeness (QED) is 0.687. The van der Waals surface area contributed by atoms with E-state index in [-0.39, 0.29) is 12.7 Å². The molecule has 0 spiro atoms. The summed E-state index contributed by atoms with van der Waals surface area (Å²) in [5, 5.41) is 9.01. The monoisotopic (exact) mass is 199 g/mol. The van der Waals surface area contributed by atoms with Crippen LogP contribution < -0.4 is 0 Å². The molecule has 1 aliphatic rings. The van der Waals surface area contributed by atoms with Gasteiger partial charge in [0.25, 0.3) is 0 Å². The third-order valence-electron chi connectivity index (χ3n) is 2.76. The Kier molecular flexibility index (Phi) is 4.58. The predicted octanol–water partition coefficient (Wildman–Crippen LogP) is 1.03. The first-order chi connectivity index (χ1) is 6.67. The lowest BCUT2D eigenvalue weighted by Gasteiger charge is -2.37. The van der Waals surface area contributed by atoms with E-state index in [9.17, 15) is 0 Å². The van der Waals surface area contributed by atoms with Crippen LogP contribution in [0.5, 0.6) is 0 Å². The van der Waals surface area contributed by atoms with Crippen LogP contribution in [0.3, 0.4) is 0 Å². The Morgan fingerprint density at radius 3 is 2.93 bits per heavy atom. The van der Waals surface area contributed by atoms with Gasteiger partial charge in [0.15, 0.2) is 0 Å². The number of ether oxygens (including phenoxy) is 1. The van der Waals surface area contributed by atoms with Gasteiger partial charge < -0.3 is 9.84 Å². The molecular formula is C11H21NO2. The van der Waals surface area contributed by atoms with Gasteiger partial charge in [-0.3, -0.25) is 4.90 Å². The van der Waals surface area contributed by atoms with E-state index in [4.69, 9.17) is 9.84 Å². The molecule has 1 rings (SSSR count). The highest BCUT2D eigenvalue weighted by Crippen LogP contribution is 2.13. The van der Waals surface area contributed by atoms with Crippen molar-refractivity contribution < 1.29 is 9.84 Å². The first kappa shape index (κ1) is 11.7. The van der Waals surface area contributed by atoms with E-state index in [1.165, 1.54) is 5.57 Å². The topological polar surface area (TPSA) is 32.7 Å². The minimum absolute atomic E-state index is 0.0177. The molecule has 0 radical (unpaired) electrons. The standard InChI is InChI=1S/C11H21NO2/c1-4-9(2)5-12-6-11(7-13)14-8-10(12)3/h10-11,13H,2,4-8H2,1,3H3. The minimum atomic E-state index is -0.0177. The normalized spacial score (nSPS) is 29.1. The summed E-state index contributed by atoms with van der Waals surface area (Å²) >= 11 is 0. The molecule has 0 aromatic carbocycles. The molecule has 1 N–H and O–H groups in total. The first-order valence-electron chi connectivity index (χ1n) is 5.30. The molecule has 0 aromatic rings. The van der Waals surface area contributed by atoms with Gasteiger partial charge in [0.2, 0.25) is 0 Å². The number of aliphatic hydroxyl groups excluding tert-OH is 1. The van der Waals surface area contributed by atoms with E-state index in [1.807, 2.05) is 0 Å². The molecule has 14 heavy (non-hydrogen) atoms. The first-order valence-corrected chi connectivity index (χ1v) is 5.30. The Balaban J connectivity index is 2.44. The molecule has 1 heterocycles. The fourth-order valence-electron chi connectivity index (χ4n) is 1.60. The maximum absolute atomic E-state index is 9.01. The fourth-order valence-corrected chi connectivity index (χ4v) is 1.60. The molecule has 2 atom stereocenters. The Morgan fingerprint density at radius 1 is 1.64 bits per heavy atom. The van der Waals surface area contributed by atoms with Crippen LogP contribution in [0.4, 0.5) is 0 Å². The van der Waals surface area contributed by atoms with Crippen molar-refractivity contribution in [3.05, 3.63) is 12.2 Å². The van der Waals surface area contributed by atoms with Gasteiger partial charge in [-0.05, 0) is 13.3 Å². The van der Waals surface area contributed by atoms with Crippen LogP contribution in [-0.2, 0) is 4.74 Å². The van der Waals surface area contributed by atoms with Crippen molar-refractivity contribution in [1.29, 1.82) is 0 Å². The maximum Gasteiger partial charge on any atom is 0.0933 e. The van der Waals surface area contributed by atoms with E-state index in [1.54, 1.807) is 0 Å². The summed E-state index contributed by atoms with van der Waals surface area (Å²) in [6.45, 7) is 10.8. The number of hydrogen-bond acceptors (Lipinski definition) is 3. The molecule has 82 valence electrons. The molecule has 1 fully saturated rings. The van der Waals surface area contributed by atoms with Crippen LogP contribution >= 0.6 is 0 Å². The lowest BCUT2D eigenvalue weighted by molar-refractivity contribution is -0.0749. The summed E-state index contributed by atoms with van der Waals surface area (Å²) in [5.41, 5.74) is 1.25. The van der Waals surface area contributed by atoms with E-state index in [0.717, 1.165) is 19.5 Å². The molecule has 0 bridgehead atoms. The molecular weight excluding hydrogens is 178 g/mol. The van der Waals surface area contributed by atoms with Crippen LogP contribution in [0.15, 0.2) is 12.2 Å². The number of morpholine rings is 1. The molecule has 2 unspecified atom stereocenters. The van der Waals surface area contributed by atoms with Gasteiger partial charge in [0.1, 0.15) is 0 Å². The molecule has 1 saturated heterocycles. The second kappa shape index (κ2) is 5.49. The largest absolute Gasteiger partial charge is 0.394 e. The van der Waals surface area contributed by atoms with Crippen molar-refractivity contribution in [2.24, 2.45) is 0 Å². The van der Waals surface area contributed by atoms with Gasteiger partial charge in [0, 0.05) is 19.1 Å². The number of aliphatic hydroxyl groups is 1. The summed E-state index contributed by atoms with van der Waals surface area (Å²) in [7, 11) is 0.